The van der Waals surface area contributed by atoms with Crippen molar-refractivity contribution >= 4 is 0 Å². The van der Waals surface area contributed by atoms with Crippen LogP contribution in [-0.4, -0.2) is 16.8 Å². The van der Waals surface area contributed by atoms with Gasteiger partial charge in [-0.25, -0.2) is 0 Å². The highest BCUT2D eigenvalue weighted by atomic mass is 15.3. The molecular formula is C12H21N3. The quantitative estimate of drug-likeness (QED) is 0.750. The first-order chi connectivity index (χ1) is 7.08. The zero-order valence-corrected chi connectivity index (χ0v) is 10.2. The minimum absolute atomic E-state index is 0.320. The Balaban J connectivity index is 2.90. The van der Waals surface area contributed by atoms with E-state index in [0.29, 0.717) is 6.04 Å². The Kier molecular flexibility index (Phi) is 4.09. The molecule has 0 aromatic carbocycles. The molecule has 3 heteroatoms. The van der Waals surface area contributed by atoms with E-state index in [9.17, 15) is 0 Å². The number of nitrogens with zero attached hydrogens (tertiary/aromatic N) is 2. The fourth-order valence-electron chi connectivity index (χ4n) is 1.75. The summed E-state index contributed by atoms with van der Waals surface area (Å²) < 4.78 is 1.96. The molecular weight excluding hydrogens is 186 g/mol. The number of hydrogen-bond donors (Lipinski definition) is 1. The summed E-state index contributed by atoms with van der Waals surface area (Å²) in [6.07, 6.45) is 1.94. The molecule has 1 atom stereocenters. The Hall–Kier alpha value is -1.09. The molecule has 0 amide bonds. The lowest BCUT2D eigenvalue weighted by Gasteiger charge is -2.16. The van der Waals surface area contributed by atoms with Gasteiger partial charge in [0.05, 0.1) is 17.4 Å². The zero-order valence-electron chi connectivity index (χ0n) is 10.2. The molecule has 0 saturated heterocycles. The molecule has 0 fully saturated rings. The summed E-state index contributed by atoms with van der Waals surface area (Å²) in [5, 5.41) is 7.76. The molecule has 1 rings (SSSR count). The summed E-state index contributed by atoms with van der Waals surface area (Å²) in [5.41, 5.74) is 3.57. The topological polar surface area (TPSA) is 29.9 Å². The van der Waals surface area contributed by atoms with Crippen molar-refractivity contribution in [3.63, 3.8) is 0 Å². The van der Waals surface area contributed by atoms with Gasteiger partial charge in [-0.3, -0.25) is 4.68 Å². The number of aromatic nitrogens is 2. The molecule has 3 nitrogen and oxygen atoms in total. The van der Waals surface area contributed by atoms with Crippen LogP contribution in [0.25, 0.3) is 0 Å². The van der Waals surface area contributed by atoms with Crippen LogP contribution >= 0.6 is 0 Å². The van der Waals surface area contributed by atoms with Crippen molar-refractivity contribution in [1.82, 2.24) is 15.1 Å². The van der Waals surface area contributed by atoms with Gasteiger partial charge in [-0.15, -0.1) is 6.58 Å². The van der Waals surface area contributed by atoms with E-state index in [2.05, 4.69) is 36.9 Å². The fraction of sp³-hybridized carbons (Fsp3) is 0.583. The van der Waals surface area contributed by atoms with Crippen LogP contribution in [0.3, 0.4) is 0 Å². The molecule has 0 aliphatic heterocycles. The van der Waals surface area contributed by atoms with Crippen molar-refractivity contribution in [2.75, 3.05) is 7.05 Å². The largest absolute Gasteiger partial charge is 0.311 e. The number of hydrogen-bond acceptors (Lipinski definition) is 2. The van der Waals surface area contributed by atoms with Gasteiger partial charge in [0.1, 0.15) is 0 Å². The van der Waals surface area contributed by atoms with Gasteiger partial charge in [0.2, 0.25) is 0 Å². The van der Waals surface area contributed by atoms with E-state index in [1.54, 1.807) is 0 Å². The maximum atomic E-state index is 4.45. The van der Waals surface area contributed by atoms with Gasteiger partial charge >= 0.3 is 0 Å². The monoisotopic (exact) mass is 207 g/mol. The second kappa shape index (κ2) is 5.12. The Morgan fingerprint density at radius 3 is 2.73 bits per heavy atom. The summed E-state index contributed by atoms with van der Waals surface area (Å²) in [6, 6.07) is 2.49. The minimum atomic E-state index is 0.320. The first-order valence-electron chi connectivity index (χ1n) is 5.43. The van der Waals surface area contributed by atoms with E-state index in [-0.39, 0.29) is 0 Å². The third kappa shape index (κ3) is 2.93. The van der Waals surface area contributed by atoms with Gasteiger partial charge in [0.25, 0.3) is 0 Å². The molecule has 1 heterocycles. The van der Waals surface area contributed by atoms with Gasteiger partial charge in [-0.2, -0.15) is 5.10 Å². The second-order valence-electron chi connectivity index (χ2n) is 4.04. The average Bonchev–Trinajstić information content (AvgIpc) is 2.56. The van der Waals surface area contributed by atoms with E-state index in [1.165, 1.54) is 11.3 Å². The highest BCUT2D eigenvalue weighted by Crippen LogP contribution is 2.20. The Bertz CT molecular complexity index is 339. The minimum Gasteiger partial charge on any atom is -0.311 e. The van der Waals surface area contributed by atoms with Crippen molar-refractivity contribution in [3.8, 4) is 0 Å². The molecule has 0 aliphatic rings. The first kappa shape index (κ1) is 12.0. The van der Waals surface area contributed by atoms with Crippen molar-refractivity contribution in [1.29, 1.82) is 0 Å². The van der Waals surface area contributed by atoms with Crippen LogP contribution in [0.15, 0.2) is 18.2 Å². The first-order valence-corrected chi connectivity index (χ1v) is 5.43. The van der Waals surface area contributed by atoms with Crippen LogP contribution in [0.2, 0.25) is 0 Å². The standard InChI is InChI=1S/C12H21N3/c1-6-10-8-12(15(5)14-10)11(13-4)7-9(2)3/h8,11,13H,2,6-7H2,1,3-5H3. The summed E-state index contributed by atoms with van der Waals surface area (Å²) in [5.74, 6) is 0. The van der Waals surface area contributed by atoms with Crippen LogP contribution in [0.1, 0.15) is 37.7 Å². The molecule has 1 aromatic heterocycles. The van der Waals surface area contributed by atoms with Crippen molar-refractivity contribution in [2.24, 2.45) is 7.05 Å². The van der Waals surface area contributed by atoms with Gasteiger partial charge in [0, 0.05) is 7.05 Å². The Labute approximate surface area is 92.2 Å². The van der Waals surface area contributed by atoms with Crippen LogP contribution in [0, 0.1) is 0 Å². The predicted molar refractivity (Wildman–Crippen MR) is 63.8 cm³/mol. The van der Waals surface area contributed by atoms with Crippen LogP contribution in [0.4, 0.5) is 0 Å². The number of nitrogens with one attached hydrogen (secondary N) is 1. The molecule has 84 valence electrons. The molecule has 0 aliphatic carbocycles. The van der Waals surface area contributed by atoms with Gasteiger partial charge in [0.15, 0.2) is 0 Å². The van der Waals surface area contributed by atoms with E-state index < -0.39 is 0 Å². The third-order valence-corrected chi connectivity index (χ3v) is 2.59. The Morgan fingerprint density at radius 2 is 2.33 bits per heavy atom. The van der Waals surface area contributed by atoms with Gasteiger partial charge < -0.3 is 5.32 Å². The van der Waals surface area contributed by atoms with Crippen molar-refractivity contribution < 1.29 is 0 Å². The van der Waals surface area contributed by atoms with E-state index in [4.69, 9.17) is 0 Å². The number of rotatable bonds is 5. The fourth-order valence-corrected chi connectivity index (χ4v) is 1.75. The lowest BCUT2D eigenvalue weighted by atomic mass is 10.1. The summed E-state index contributed by atoms with van der Waals surface area (Å²) >= 11 is 0. The second-order valence-corrected chi connectivity index (χ2v) is 4.04. The summed E-state index contributed by atoms with van der Waals surface area (Å²) in [6.45, 7) is 8.14. The lowest BCUT2D eigenvalue weighted by molar-refractivity contribution is 0.535. The summed E-state index contributed by atoms with van der Waals surface area (Å²) in [7, 11) is 3.98. The van der Waals surface area contributed by atoms with Crippen molar-refractivity contribution in [2.45, 2.75) is 32.7 Å². The maximum Gasteiger partial charge on any atom is 0.0625 e. The van der Waals surface area contributed by atoms with Gasteiger partial charge in [-0.05, 0) is 32.9 Å². The average molecular weight is 207 g/mol. The van der Waals surface area contributed by atoms with E-state index in [1.807, 2.05) is 18.8 Å². The SMILES string of the molecule is C=C(C)CC(NC)c1cc(CC)nn1C. The van der Waals surface area contributed by atoms with Crippen molar-refractivity contribution in [3.05, 3.63) is 29.6 Å². The maximum absolute atomic E-state index is 4.45. The normalized spacial score (nSPS) is 12.8. The molecule has 0 saturated carbocycles. The van der Waals surface area contributed by atoms with E-state index >= 15 is 0 Å². The smallest absolute Gasteiger partial charge is 0.0625 e. The van der Waals surface area contributed by atoms with E-state index in [0.717, 1.165) is 18.5 Å². The lowest BCUT2D eigenvalue weighted by Crippen LogP contribution is -2.19. The highest BCUT2D eigenvalue weighted by molar-refractivity contribution is 5.16. The number of aryl methyl sites for hydroxylation is 2. The van der Waals surface area contributed by atoms with Crippen LogP contribution in [0.5, 0.6) is 0 Å². The Morgan fingerprint density at radius 1 is 1.67 bits per heavy atom. The molecule has 1 aromatic rings. The van der Waals surface area contributed by atoms with Crippen LogP contribution in [-0.2, 0) is 13.5 Å². The zero-order chi connectivity index (χ0) is 11.4. The molecule has 0 radical (unpaired) electrons. The van der Waals surface area contributed by atoms with Crippen LogP contribution < -0.4 is 5.32 Å². The summed E-state index contributed by atoms with van der Waals surface area (Å²) in [4.78, 5) is 0. The highest BCUT2D eigenvalue weighted by Gasteiger charge is 2.14. The molecule has 15 heavy (non-hydrogen) atoms. The molecule has 1 N–H and O–H groups in total. The molecule has 0 bridgehead atoms. The van der Waals surface area contributed by atoms with Gasteiger partial charge in [-0.1, -0.05) is 12.5 Å². The molecule has 0 spiro atoms. The third-order valence-electron chi connectivity index (χ3n) is 2.59. The predicted octanol–water partition coefficient (Wildman–Crippen LogP) is 2.21. The molecule has 1 unspecified atom stereocenters.